The summed E-state index contributed by atoms with van der Waals surface area (Å²) >= 11 is 0. The Morgan fingerprint density at radius 1 is 1.00 bits per heavy atom. The van der Waals surface area contributed by atoms with Crippen molar-refractivity contribution >= 4 is 17.3 Å². The average Bonchev–Trinajstić information content (AvgIpc) is 2.40. The molecule has 20 heavy (non-hydrogen) atoms. The average molecular weight is 282 g/mol. The first-order valence-electron chi connectivity index (χ1n) is 5.86. The Labute approximate surface area is 114 Å². The lowest BCUT2D eigenvalue weighted by molar-refractivity contribution is -0.144. The molecule has 0 amide bonds. The van der Waals surface area contributed by atoms with Gasteiger partial charge < -0.3 is 10.6 Å². The smallest absolute Gasteiger partial charge is 0.373 e. The molecule has 0 aliphatic heterocycles. The van der Waals surface area contributed by atoms with Crippen LogP contribution in [0.2, 0.25) is 0 Å². The van der Waals surface area contributed by atoms with Gasteiger partial charge in [0.25, 0.3) is 0 Å². The van der Waals surface area contributed by atoms with Crippen LogP contribution in [0, 0.1) is 6.92 Å². The van der Waals surface area contributed by atoms with E-state index in [1.54, 1.807) is 12.1 Å². The summed E-state index contributed by atoms with van der Waals surface area (Å²) in [5.74, 6) is -0.999. The first-order valence-corrected chi connectivity index (χ1v) is 5.86. The van der Waals surface area contributed by atoms with Crippen LogP contribution in [0.25, 0.3) is 0 Å². The monoisotopic (exact) mass is 282 g/mol. The first kappa shape index (κ1) is 14.1. The number of alkyl halides is 3. The fourth-order valence-corrected chi connectivity index (χ4v) is 1.55. The molecule has 0 aliphatic carbocycles. The van der Waals surface area contributed by atoms with Gasteiger partial charge in [0, 0.05) is 18.8 Å². The van der Waals surface area contributed by atoms with Crippen molar-refractivity contribution in [2.24, 2.45) is 0 Å². The van der Waals surface area contributed by atoms with E-state index in [9.17, 15) is 13.2 Å². The van der Waals surface area contributed by atoms with Gasteiger partial charge in [-0.25, -0.2) is 9.97 Å². The summed E-state index contributed by atoms with van der Waals surface area (Å²) in [6.07, 6.45) is -4.59. The fourth-order valence-electron chi connectivity index (χ4n) is 1.55. The molecule has 4 nitrogen and oxygen atoms in total. The molecule has 0 radical (unpaired) electrons. The van der Waals surface area contributed by atoms with Gasteiger partial charge in [0.1, 0.15) is 11.6 Å². The molecule has 1 aromatic heterocycles. The largest absolute Gasteiger partial charge is 0.451 e. The van der Waals surface area contributed by atoms with Gasteiger partial charge in [-0.05, 0) is 19.1 Å². The van der Waals surface area contributed by atoms with Crippen LogP contribution < -0.4 is 10.6 Å². The molecule has 0 spiro atoms. The number of hydrogen-bond acceptors (Lipinski definition) is 4. The van der Waals surface area contributed by atoms with Crippen molar-refractivity contribution in [1.82, 2.24) is 9.97 Å². The number of halogens is 3. The predicted molar refractivity (Wildman–Crippen MR) is 71.0 cm³/mol. The number of aryl methyl sites for hydroxylation is 1. The van der Waals surface area contributed by atoms with Crippen molar-refractivity contribution in [1.29, 1.82) is 0 Å². The van der Waals surface area contributed by atoms with Gasteiger partial charge in [-0.2, -0.15) is 13.2 Å². The Balaban J connectivity index is 2.33. The molecule has 0 saturated carbocycles. The molecule has 106 valence electrons. The van der Waals surface area contributed by atoms with E-state index >= 15 is 0 Å². The van der Waals surface area contributed by atoms with E-state index in [-0.39, 0.29) is 11.6 Å². The maximum absolute atomic E-state index is 12.7. The third-order valence-electron chi connectivity index (χ3n) is 2.56. The minimum Gasteiger partial charge on any atom is -0.373 e. The summed E-state index contributed by atoms with van der Waals surface area (Å²) in [7, 11) is 1.50. The van der Waals surface area contributed by atoms with Crippen LogP contribution in [-0.2, 0) is 6.18 Å². The van der Waals surface area contributed by atoms with Crippen molar-refractivity contribution in [3.63, 3.8) is 0 Å². The molecule has 0 bridgehead atoms. The number of aromatic nitrogens is 2. The summed E-state index contributed by atoms with van der Waals surface area (Å²) in [6, 6.07) is 8.66. The van der Waals surface area contributed by atoms with Crippen LogP contribution in [0.5, 0.6) is 0 Å². The zero-order valence-electron chi connectivity index (χ0n) is 10.9. The lowest BCUT2D eigenvalue weighted by atomic mass is 10.2. The topological polar surface area (TPSA) is 49.8 Å². The zero-order valence-corrected chi connectivity index (χ0v) is 10.9. The summed E-state index contributed by atoms with van der Waals surface area (Å²) in [6.45, 7) is 1.93. The fraction of sp³-hybridized carbons (Fsp3) is 0.231. The Kier molecular flexibility index (Phi) is 3.78. The van der Waals surface area contributed by atoms with E-state index in [1.165, 1.54) is 13.1 Å². The van der Waals surface area contributed by atoms with Crippen molar-refractivity contribution < 1.29 is 13.2 Å². The Morgan fingerprint density at radius 2 is 1.60 bits per heavy atom. The third kappa shape index (κ3) is 3.37. The molecular weight excluding hydrogens is 269 g/mol. The molecule has 2 rings (SSSR count). The van der Waals surface area contributed by atoms with Crippen molar-refractivity contribution in [3.8, 4) is 0 Å². The van der Waals surface area contributed by atoms with Crippen LogP contribution in [0.1, 0.15) is 11.4 Å². The van der Waals surface area contributed by atoms with E-state index in [0.29, 0.717) is 5.69 Å². The molecule has 2 N–H and O–H groups in total. The normalized spacial score (nSPS) is 11.2. The van der Waals surface area contributed by atoms with Crippen LogP contribution in [-0.4, -0.2) is 17.0 Å². The quantitative estimate of drug-likeness (QED) is 0.903. The zero-order chi connectivity index (χ0) is 14.8. The van der Waals surface area contributed by atoms with Gasteiger partial charge in [0.15, 0.2) is 0 Å². The molecule has 0 unspecified atom stereocenters. The number of benzene rings is 1. The summed E-state index contributed by atoms with van der Waals surface area (Å²) < 4.78 is 38.1. The highest BCUT2D eigenvalue weighted by Gasteiger charge is 2.35. The van der Waals surface area contributed by atoms with Crippen molar-refractivity contribution in [3.05, 3.63) is 41.7 Å². The molecule has 7 heteroatoms. The van der Waals surface area contributed by atoms with Crippen molar-refractivity contribution in [2.45, 2.75) is 13.1 Å². The Bertz CT molecular complexity index is 594. The molecule has 0 fully saturated rings. The second-order valence-corrected chi connectivity index (χ2v) is 4.20. The Morgan fingerprint density at radius 3 is 2.15 bits per heavy atom. The van der Waals surface area contributed by atoms with Crippen LogP contribution in [0.15, 0.2) is 30.3 Å². The van der Waals surface area contributed by atoms with E-state index in [2.05, 4.69) is 20.6 Å². The van der Waals surface area contributed by atoms with Gasteiger partial charge in [0.2, 0.25) is 5.82 Å². The highest BCUT2D eigenvalue weighted by molar-refractivity contribution is 5.59. The lowest BCUT2D eigenvalue weighted by Gasteiger charge is -2.11. The summed E-state index contributed by atoms with van der Waals surface area (Å²) in [4.78, 5) is 6.87. The number of rotatable bonds is 3. The molecular formula is C13H13F3N4. The summed E-state index contributed by atoms with van der Waals surface area (Å²) in [5, 5.41) is 5.41. The maximum atomic E-state index is 12.7. The highest BCUT2D eigenvalue weighted by atomic mass is 19.4. The molecule has 1 aromatic carbocycles. The SMILES string of the molecule is CNc1cc(Nc2ccc(C)cc2)nc(C(F)(F)F)n1. The predicted octanol–water partition coefficient (Wildman–Crippen LogP) is 3.59. The standard InChI is InChI=1S/C13H13F3N4/c1-8-3-5-9(6-4-8)18-11-7-10(17-2)19-12(20-11)13(14,15)16/h3-7H,1-2H3,(H2,17,18,19,20). The highest BCUT2D eigenvalue weighted by Crippen LogP contribution is 2.29. The van der Waals surface area contributed by atoms with Gasteiger partial charge in [-0.1, -0.05) is 17.7 Å². The number of nitrogens with one attached hydrogen (secondary N) is 2. The Hall–Kier alpha value is -2.31. The molecule has 1 heterocycles. The minimum atomic E-state index is -4.59. The van der Waals surface area contributed by atoms with Gasteiger partial charge in [0.05, 0.1) is 0 Å². The van der Waals surface area contributed by atoms with Crippen LogP contribution >= 0.6 is 0 Å². The summed E-state index contributed by atoms with van der Waals surface area (Å²) in [5.41, 5.74) is 1.72. The molecule has 0 atom stereocenters. The first-order chi connectivity index (χ1) is 9.38. The third-order valence-corrected chi connectivity index (χ3v) is 2.56. The molecule has 0 aliphatic rings. The van der Waals surface area contributed by atoms with Crippen molar-refractivity contribution in [2.75, 3.05) is 17.7 Å². The minimum absolute atomic E-state index is 0.0838. The van der Waals surface area contributed by atoms with E-state index < -0.39 is 12.0 Å². The van der Waals surface area contributed by atoms with Gasteiger partial charge in [-0.3, -0.25) is 0 Å². The van der Waals surface area contributed by atoms with E-state index in [4.69, 9.17) is 0 Å². The van der Waals surface area contributed by atoms with Crippen LogP contribution in [0.4, 0.5) is 30.5 Å². The van der Waals surface area contributed by atoms with E-state index in [0.717, 1.165) is 5.56 Å². The second-order valence-electron chi connectivity index (χ2n) is 4.20. The maximum Gasteiger partial charge on any atom is 0.451 e. The van der Waals surface area contributed by atoms with Gasteiger partial charge >= 0.3 is 6.18 Å². The van der Waals surface area contributed by atoms with Gasteiger partial charge in [-0.15, -0.1) is 0 Å². The number of anilines is 3. The second kappa shape index (κ2) is 5.36. The number of hydrogen-bond donors (Lipinski definition) is 2. The van der Waals surface area contributed by atoms with E-state index in [1.807, 2.05) is 19.1 Å². The van der Waals surface area contributed by atoms with Crippen LogP contribution in [0.3, 0.4) is 0 Å². The number of nitrogens with zero attached hydrogens (tertiary/aromatic N) is 2. The molecule has 2 aromatic rings. The molecule has 0 saturated heterocycles. The lowest BCUT2D eigenvalue weighted by Crippen LogP contribution is -2.13.